The number of rotatable bonds is 0. The summed E-state index contributed by atoms with van der Waals surface area (Å²) in [4.78, 5) is 0. The summed E-state index contributed by atoms with van der Waals surface area (Å²) in [5.74, 6) is 1.95. The molecule has 4 aromatic rings. The first-order valence-corrected chi connectivity index (χ1v) is 7.73. The third kappa shape index (κ3) is 1.22. The van der Waals surface area contributed by atoms with Gasteiger partial charge in [-0.3, -0.25) is 4.57 Å². The molecule has 2 aromatic carbocycles. The van der Waals surface area contributed by atoms with Crippen LogP contribution in [0.3, 0.4) is 0 Å². The second-order valence-corrected chi connectivity index (χ2v) is 6.76. The van der Waals surface area contributed by atoms with Gasteiger partial charge in [-0.25, -0.2) is 0 Å². The Morgan fingerprint density at radius 1 is 0.909 bits per heavy atom. The highest BCUT2D eigenvalue weighted by Crippen LogP contribution is 2.48. The summed E-state index contributed by atoms with van der Waals surface area (Å²) < 4.78 is 8.42. The SMILES string of the molecule is Cc1cc2c(o1)-n1c3ccccc3c3cccc(c31)C2(C)C. The molecular weight excluding hydrogens is 270 g/mol. The molecule has 0 radical (unpaired) electrons. The van der Waals surface area contributed by atoms with E-state index in [2.05, 4.69) is 66.9 Å². The van der Waals surface area contributed by atoms with Crippen LogP contribution in [0, 0.1) is 6.92 Å². The van der Waals surface area contributed by atoms with Gasteiger partial charge in [0.05, 0.1) is 11.0 Å². The highest BCUT2D eigenvalue weighted by Gasteiger charge is 2.37. The number of hydrogen-bond donors (Lipinski definition) is 0. The van der Waals surface area contributed by atoms with E-state index in [1.807, 2.05) is 6.92 Å². The second kappa shape index (κ2) is 3.64. The van der Waals surface area contributed by atoms with Crippen LogP contribution in [-0.4, -0.2) is 4.57 Å². The number of benzene rings is 2. The minimum atomic E-state index is -0.0447. The molecular formula is C20H17NO. The second-order valence-electron chi connectivity index (χ2n) is 6.76. The Bertz CT molecular complexity index is 1060. The Hall–Kier alpha value is -2.48. The molecule has 2 aromatic heterocycles. The summed E-state index contributed by atoms with van der Waals surface area (Å²) in [5.41, 5.74) is 5.10. The Balaban J connectivity index is 2.14. The number of aromatic nitrogens is 1. The lowest BCUT2D eigenvalue weighted by Crippen LogP contribution is -2.24. The zero-order chi connectivity index (χ0) is 15.1. The molecule has 5 rings (SSSR count). The quantitative estimate of drug-likeness (QED) is 0.428. The zero-order valence-corrected chi connectivity index (χ0v) is 13.0. The minimum Gasteiger partial charge on any atom is -0.445 e. The van der Waals surface area contributed by atoms with Crippen LogP contribution in [0.2, 0.25) is 0 Å². The number of aryl methyl sites for hydroxylation is 1. The van der Waals surface area contributed by atoms with Gasteiger partial charge in [0.15, 0.2) is 0 Å². The van der Waals surface area contributed by atoms with Gasteiger partial charge in [-0.05, 0) is 24.6 Å². The van der Waals surface area contributed by atoms with Crippen molar-refractivity contribution in [3.63, 3.8) is 0 Å². The van der Waals surface area contributed by atoms with Gasteiger partial charge in [0.1, 0.15) is 5.76 Å². The fourth-order valence-electron chi connectivity index (χ4n) is 3.99. The first-order chi connectivity index (χ1) is 10.6. The fourth-order valence-corrected chi connectivity index (χ4v) is 3.99. The van der Waals surface area contributed by atoms with Gasteiger partial charge in [-0.1, -0.05) is 50.2 Å². The van der Waals surface area contributed by atoms with Crippen LogP contribution < -0.4 is 0 Å². The monoisotopic (exact) mass is 287 g/mol. The third-order valence-electron chi connectivity index (χ3n) is 5.08. The van der Waals surface area contributed by atoms with Gasteiger partial charge in [0.2, 0.25) is 5.88 Å². The van der Waals surface area contributed by atoms with Crippen molar-refractivity contribution in [2.75, 3.05) is 0 Å². The highest BCUT2D eigenvalue weighted by molar-refractivity contribution is 6.11. The van der Waals surface area contributed by atoms with Gasteiger partial charge < -0.3 is 4.42 Å². The lowest BCUT2D eigenvalue weighted by Gasteiger charge is -2.31. The van der Waals surface area contributed by atoms with Crippen molar-refractivity contribution < 1.29 is 4.42 Å². The smallest absolute Gasteiger partial charge is 0.208 e. The maximum absolute atomic E-state index is 6.12. The predicted octanol–water partition coefficient (Wildman–Crippen LogP) is 5.32. The predicted molar refractivity (Wildman–Crippen MR) is 89.9 cm³/mol. The number of para-hydroxylation sites is 2. The maximum Gasteiger partial charge on any atom is 0.208 e. The third-order valence-corrected chi connectivity index (χ3v) is 5.08. The van der Waals surface area contributed by atoms with Crippen LogP contribution in [0.4, 0.5) is 0 Å². The molecule has 0 unspecified atom stereocenters. The fraction of sp³-hybridized carbons (Fsp3) is 0.200. The van der Waals surface area contributed by atoms with Crippen molar-refractivity contribution in [3.8, 4) is 5.88 Å². The Morgan fingerprint density at radius 2 is 1.68 bits per heavy atom. The van der Waals surface area contributed by atoms with Gasteiger partial charge in [-0.2, -0.15) is 0 Å². The molecule has 0 N–H and O–H groups in total. The summed E-state index contributed by atoms with van der Waals surface area (Å²) in [6, 6.07) is 17.4. The largest absolute Gasteiger partial charge is 0.445 e. The molecule has 1 aliphatic heterocycles. The lowest BCUT2D eigenvalue weighted by atomic mass is 9.76. The van der Waals surface area contributed by atoms with Crippen LogP contribution in [0.1, 0.15) is 30.7 Å². The molecule has 0 saturated carbocycles. The minimum absolute atomic E-state index is 0.0447. The van der Waals surface area contributed by atoms with E-state index in [-0.39, 0.29) is 5.41 Å². The van der Waals surface area contributed by atoms with Crippen molar-refractivity contribution in [2.24, 2.45) is 0 Å². The molecule has 0 fully saturated rings. The molecule has 2 nitrogen and oxygen atoms in total. The number of nitrogens with zero attached hydrogens (tertiary/aromatic N) is 1. The summed E-state index contributed by atoms with van der Waals surface area (Å²) in [6.07, 6.45) is 0. The normalized spacial score (nSPS) is 15.4. The summed E-state index contributed by atoms with van der Waals surface area (Å²) >= 11 is 0. The van der Waals surface area contributed by atoms with E-state index in [1.165, 1.54) is 32.9 Å². The molecule has 0 amide bonds. The highest BCUT2D eigenvalue weighted by atomic mass is 16.4. The van der Waals surface area contributed by atoms with Crippen LogP contribution in [0.5, 0.6) is 0 Å². The van der Waals surface area contributed by atoms with E-state index in [4.69, 9.17) is 4.42 Å². The van der Waals surface area contributed by atoms with E-state index >= 15 is 0 Å². The first-order valence-electron chi connectivity index (χ1n) is 7.73. The van der Waals surface area contributed by atoms with Crippen molar-refractivity contribution >= 4 is 21.8 Å². The van der Waals surface area contributed by atoms with Gasteiger partial charge in [-0.15, -0.1) is 0 Å². The molecule has 3 heterocycles. The molecule has 22 heavy (non-hydrogen) atoms. The standard InChI is InChI=1S/C20H17NO/c1-12-11-16-19(22-12)21-17-10-5-4-7-13(17)14-8-6-9-15(18(14)21)20(16,2)3/h4-11H,1-3H3. The summed E-state index contributed by atoms with van der Waals surface area (Å²) in [6.45, 7) is 6.61. The molecule has 0 bridgehead atoms. The molecule has 2 heteroatoms. The Kier molecular flexibility index (Phi) is 2.00. The van der Waals surface area contributed by atoms with Crippen molar-refractivity contribution in [3.05, 3.63) is 65.4 Å². The average molecular weight is 287 g/mol. The number of hydrogen-bond acceptors (Lipinski definition) is 1. The zero-order valence-electron chi connectivity index (χ0n) is 13.0. The van der Waals surface area contributed by atoms with Crippen LogP contribution in [-0.2, 0) is 5.41 Å². The van der Waals surface area contributed by atoms with Gasteiger partial charge in [0, 0.05) is 21.8 Å². The van der Waals surface area contributed by atoms with Gasteiger partial charge in [0.25, 0.3) is 0 Å². The van der Waals surface area contributed by atoms with Crippen molar-refractivity contribution in [1.29, 1.82) is 0 Å². The topological polar surface area (TPSA) is 18.1 Å². The average Bonchev–Trinajstić information content (AvgIpc) is 3.04. The van der Waals surface area contributed by atoms with Crippen molar-refractivity contribution in [1.82, 2.24) is 4.57 Å². The number of fused-ring (bicyclic) bond motifs is 5. The van der Waals surface area contributed by atoms with Crippen molar-refractivity contribution in [2.45, 2.75) is 26.2 Å². The maximum atomic E-state index is 6.12. The van der Waals surface area contributed by atoms with E-state index in [0.29, 0.717) is 0 Å². The molecule has 0 atom stereocenters. The molecule has 0 spiro atoms. The number of furan rings is 1. The molecule has 108 valence electrons. The van der Waals surface area contributed by atoms with E-state index in [1.54, 1.807) is 0 Å². The molecule has 0 aliphatic carbocycles. The first kappa shape index (κ1) is 12.1. The molecule has 0 saturated heterocycles. The van der Waals surface area contributed by atoms with E-state index in [0.717, 1.165) is 11.6 Å². The van der Waals surface area contributed by atoms with E-state index < -0.39 is 0 Å². The summed E-state index contributed by atoms with van der Waals surface area (Å²) in [7, 11) is 0. The van der Waals surface area contributed by atoms with Crippen LogP contribution >= 0.6 is 0 Å². The van der Waals surface area contributed by atoms with Gasteiger partial charge >= 0.3 is 0 Å². The van der Waals surface area contributed by atoms with Crippen LogP contribution in [0.25, 0.3) is 27.7 Å². The molecule has 1 aliphatic rings. The Labute approximate surface area is 129 Å². The Morgan fingerprint density at radius 3 is 2.55 bits per heavy atom. The van der Waals surface area contributed by atoms with E-state index in [9.17, 15) is 0 Å². The van der Waals surface area contributed by atoms with Crippen LogP contribution in [0.15, 0.2) is 52.9 Å². The summed E-state index contributed by atoms with van der Waals surface area (Å²) in [5, 5.41) is 2.60. The lowest BCUT2D eigenvalue weighted by molar-refractivity contribution is 0.498.